The molecule has 1 nitrogen and oxygen atoms in total. The maximum Gasteiger partial charge on any atom is 0.212 e. The number of rotatable bonds is 1. The molecule has 1 aliphatic heterocycles. The Morgan fingerprint density at radius 3 is 2.94 bits per heavy atom. The van der Waals surface area contributed by atoms with Crippen LogP contribution in [0.15, 0.2) is 41.3 Å². The van der Waals surface area contributed by atoms with Crippen molar-refractivity contribution >= 4 is 28.8 Å². The molecule has 0 N–H and O–H groups in total. The topological polar surface area (TPSA) is 17.1 Å². The van der Waals surface area contributed by atoms with Gasteiger partial charge in [0.25, 0.3) is 0 Å². The summed E-state index contributed by atoms with van der Waals surface area (Å²) < 4.78 is 0. The Labute approximate surface area is 98.9 Å². The van der Waals surface area contributed by atoms with E-state index < -0.39 is 0 Å². The Hall–Kier alpha value is -1.28. The number of thioether (sulfide) groups is 1. The molecule has 0 saturated heterocycles. The van der Waals surface area contributed by atoms with E-state index in [9.17, 15) is 4.79 Å². The van der Waals surface area contributed by atoms with E-state index in [1.165, 1.54) is 21.2 Å². The molecule has 79 valence electrons. The second kappa shape index (κ2) is 3.95. The Balaban J connectivity index is 2.17. The first-order chi connectivity index (χ1) is 7.88. The highest BCUT2D eigenvalue weighted by atomic mass is 32.2. The summed E-state index contributed by atoms with van der Waals surface area (Å²) in [5.74, 6) is 0. The third-order valence-corrected chi connectivity index (χ3v) is 4.31. The average Bonchev–Trinajstić information content (AvgIpc) is 2.38. The molecule has 2 heteroatoms. The molecule has 1 unspecified atom stereocenters. The van der Waals surface area contributed by atoms with Crippen molar-refractivity contribution in [1.29, 1.82) is 0 Å². The van der Waals surface area contributed by atoms with Gasteiger partial charge in [0.15, 0.2) is 0 Å². The monoisotopic (exact) mass is 227 g/mol. The molecule has 3 rings (SSSR count). The fourth-order valence-corrected chi connectivity index (χ4v) is 3.35. The molecule has 0 fully saturated rings. The molecule has 2 aromatic rings. The van der Waals surface area contributed by atoms with Crippen molar-refractivity contribution in [2.24, 2.45) is 0 Å². The van der Waals surface area contributed by atoms with Crippen LogP contribution in [-0.2, 0) is 11.2 Å². The van der Waals surface area contributed by atoms with Gasteiger partial charge < -0.3 is 0 Å². The van der Waals surface area contributed by atoms with E-state index in [1.54, 1.807) is 11.8 Å². The third-order valence-electron chi connectivity index (χ3n) is 3.05. The van der Waals surface area contributed by atoms with Gasteiger partial charge in [-0.3, -0.25) is 4.79 Å². The number of benzene rings is 2. The Morgan fingerprint density at radius 1 is 1.19 bits per heavy atom. The van der Waals surface area contributed by atoms with E-state index in [1.807, 2.05) is 0 Å². The van der Waals surface area contributed by atoms with Crippen molar-refractivity contribution < 1.29 is 4.79 Å². The first kappa shape index (κ1) is 9.91. The largest absolute Gasteiger partial charge is 0.290 e. The van der Waals surface area contributed by atoms with Gasteiger partial charge in [0.2, 0.25) is 6.29 Å². The highest BCUT2D eigenvalue weighted by Gasteiger charge is 2.20. The fraction of sp³-hybridized carbons (Fsp3) is 0.214. The average molecular weight is 227 g/mol. The SMILES string of the molecule is O=[C]C1CCc2c(ccc3ccccc23)S1. The van der Waals surface area contributed by atoms with Gasteiger partial charge in [0.05, 0.1) is 5.25 Å². The summed E-state index contributed by atoms with van der Waals surface area (Å²) in [6.07, 6.45) is 4.01. The van der Waals surface area contributed by atoms with Crippen molar-refractivity contribution in [1.82, 2.24) is 0 Å². The summed E-state index contributed by atoms with van der Waals surface area (Å²) in [4.78, 5) is 11.9. The lowest BCUT2D eigenvalue weighted by molar-refractivity contribution is 0.549. The Kier molecular flexibility index (Phi) is 2.44. The van der Waals surface area contributed by atoms with Crippen LogP contribution in [0, 0.1) is 0 Å². The zero-order valence-electron chi connectivity index (χ0n) is 8.77. The van der Waals surface area contributed by atoms with Crippen LogP contribution in [0.3, 0.4) is 0 Å². The van der Waals surface area contributed by atoms with Crippen LogP contribution in [0.2, 0.25) is 0 Å². The molecule has 0 aromatic heterocycles. The van der Waals surface area contributed by atoms with Gasteiger partial charge in [-0.2, -0.15) is 0 Å². The minimum atomic E-state index is 0.0219. The molecule has 1 atom stereocenters. The predicted molar refractivity (Wildman–Crippen MR) is 67.6 cm³/mol. The summed E-state index contributed by atoms with van der Waals surface area (Å²) in [6, 6.07) is 12.7. The van der Waals surface area contributed by atoms with E-state index in [0.717, 1.165) is 12.8 Å². The molecule has 1 heterocycles. The van der Waals surface area contributed by atoms with Gasteiger partial charge in [-0.05, 0) is 35.2 Å². The molecule has 0 saturated carbocycles. The second-order valence-electron chi connectivity index (χ2n) is 4.03. The maximum absolute atomic E-state index is 10.7. The van der Waals surface area contributed by atoms with E-state index in [4.69, 9.17) is 0 Å². The number of aryl methyl sites for hydroxylation is 1. The van der Waals surface area contributed by atoms with Gasteiger partial charge >= 0.3 is 0 Å². The van der Waals surface area contributed by atoms with Crippen LogP contribution in [0.25, 0.3) is 10.8 Å². The van der Waals surface area contributed by atoms with Crippen molar-refractivity contribution in [3.8, 4) is 0 Å². The predicted octanol–water partition coefficient (Wildman–Crippen LogP) is 3.36. The zero-order valence-corrected chi connectivity index (χ0v) is 9.59. The highest BCUT2D eigenvalue weighted by Crippen LogP contribution is 2.38. The normalized spacial score (nSPS) is 19.4. The van der Waals surface area contributed by atoms with Crippen molar-refractivity contribution in [2.45, 2.75) is 23.0 Å². The van der Waals surface area contributed by atoms with Crippen LogP contribution in [-0.4, -0.2) is 11.5 Å². The number of fused-ring (bicyclic) bond motifs is 3. The fourth-order valence-electron chi connectivity index (χ4n) is 2.25. The summed E-state index contributed by atoms with van der Waals surface area (Å²) >= 11 is 1.65. The minimum absolute atomic E-state index is 0.0219. The summed E-state index contributed by atoms with van der Waals surface area (Å²) in [5, 5.41) is 2.64. The van der Waals surface area contributed by atoms with Crippen LogP contribution < -0.4 is 0 Å². The molecule has 16 heavy (non-hydrogen) atoms. The summed E-state index contributed by atoms with van der Waals surface area (Å²) in [6.45, 7) is 0. The minimum Gasteiger partial charge on any atom is -0.290 e. The standard InChI is InChI=1S/C14H11OS/c15-9-11-6-7-13-12-4-2-1-3-10(12)5-8-14(13)16-11/h1-5,8,11H,6-7H2. The zero-order chi connectivity index (χ0) is 11.0. The van der Waals surface area contributed by atoms with Crippen molar-refractivity contribution in [2.75, 3.05) is 0 Å². The Morgan fingerprint density at radius 2 is 2.06 bits per heavy atom. The van der Waals surface area contributed by atoms with Gasteiger partial charge in [-0.1, -0.05) is 30.3 Å². The van der Waals surface area contributed by atoms with Crippen LogP contribution in [0.4, 0.5) is 0 Å². The molecular weight excluding hydrogens is 216 g/mol. The highest BCUT2D eigenvalue weighted by molar-refractivity contribution is 8.00. The molecule has 0 aliphatic carbocycles. The lowest BCUT2D eigenvalue weighted by Gasteiger charge is -2.21. The van der Waals surface area contributed by atoms with Crippen LogP contribution in [0.5, 0.6) is 0 Å². The summed E-state index contributed by atoms with van der Waals surface area (Å²) in [5.41, 5.74) is 1.40. The van der Waals surface area contributed by atoms with E-state index in [0.29, 0.717) is 0 Å². The summed E-state index contributed by atoms with van der Waals surface area (Å²) in [7, 11) is 0. The lowest BCUT2D eigenvalue weighted by Crippen LogP contribution is -2.11. The lowest BCUT2D eigenvalue weighted by atomic mass is 9.99. The van der Waals surface area contributed by atoms with Crippen LogP contribution in [0.1, 0.15) is 12.0 Å². The van der Waals surface area contributed by atoms with E-state index in [-0.39, 0.29) is 5.25 Å². The molecule has 0 amide bonds. The van der Waals surface area contributed by atoms with Gasteiger partial charge in [-0.15, -0.1) is 11.8 Å². The third kappa shape index (κ3) is 1.54. The molecular formula is C14H11OS. The quantitative estimate of drug-likeness (QED) is 0.743. The number of hydrogen-bond acceptors (Lipinski definition) is 2. The maximum atomic E-state index is 10.7. The van der Waals surface area contributed by atoms with Crippen molar-refractivity contribution in [3.05, 3.63) is 42.0 Å². The number of carbonyl (C=O) groups excluding carboxylic acids is 1. The van der Waals surface area contributed by atoms with Gasteiger partial charge in [0.1, 0.15) is 0 Å². The first-order valence-electron chi connectivity index (χ1n) is 5.43. The van der Waals surface area contributed by atoms with E-state index >= 15 is 0 Å². The van der Waals surface area contributed by atoms with Crippen molar-refractivity contribution in [3.63, 3.8) is 0 Å². The van der Waals surface area contributed by atoms with Crippen LogP contribution >= 0.6 is 11.8 Å². The smallest absolute Gasteiger partial charge is 0.212 e. The van der Waals surface area contributed by atoms with Gasteiger partial charge in [0, 0.05) is 4.90 Å². The molecule has 2 aromatic carbocycles. The van der Waals surface area contributed by atoms with Gasteiger partial charge in [-0.25, -0.2) is 0 Å². The second-order valence-corrected chi connectivity index (χ2v) is 5.27. The Bertz CT molecular complexity index is 547. The molecule has 1 aliphatic rings. The number of hydrogen-bond donors (Lipinski definition) is 0. The molecule has 1 radical (unpaired) electrons. The van der Waals surface area contributed by atoms with E-state index in [2.05, 4.69) is 42.7 Å². The molecule has 0 spiro atoms. The first-order valence-corrected chi connectivity index (χ1v) is 6.31. The molecule has 0 bridgehead atoms.